The van der Waals surface area contributed by atoms with Crippen molar-refractivity contribution in [2.75, 3.05) is 13.2 Å². The quantitative estimate of drug-likeness (QED) is 0.551. The standard InChI is InChI=1S/C8H15NO2/c1-2-5-3-9-7-6(10)4-11-8(5)7/h5-10H,2-4H2,1H3/t5-,6-,7+,8+/m0/s1. The second kappa shape index (κ2) is 2.73. The number of fused-ring (bicyclic) bond motifs is 1. The molecule has 2 aliphatic heterocycles. The van der Waals surface area contributed by atoms with E-state index in [9.17, 15) is 5.11 Å². The molecule has 0 bridgehead atoms. The molecule has 0 aromatic carbocycles. The predicted octanol–water partition coefficient (Wildman–Crippen LogP) is -0.256. The van der Waals surface area contributed by atoms with Gasteiger partial charge in [0.1, 0.15) is 0 Å². The molecule has 2 fully saturated rings. The van der Waals surface area contributed by atoms with Crippen molar-refractivity contribution in [1.29, 1.82) is 0 Å². The Morgan fingerprint density at radius 2 is 2.45 bits per heavy atom. The van der Waals surface area contributed by atoms with E-state index in [0.717, 1.165) is 13.0 Å². The number of aliphatic hydroxyl groups is 1. The van der Waals surface area contributed by atoms with Gasteiger partial charge in [0.2, 0.25) is 0 Å². The van der Waals surface area contributed by atoms with E-state index < -0.39 is 0 Å². The SMILES string of the molecule is CC[C@H]1CN[C@H]2[C@@H]1OC[C@@H]2O. The van der Waals surface area contributed by atoms with Crippen LogP contribution in [0.25, 0.3) is 0 Å². The van der Waals surface area contributed by atoms with Crippen molar-refractivity contribution < 1.29 is 9.84 Å². The lowest BCUT2D eigenvalue weighted by Gasteiger charge is -2.14. The molecule has 0 aromatic rings. The lowest BCUT2D eigenvalue weighted by atomic mass is 9.99. The Hall–Kier alpha value is -0.120. The van der Waals surface area contributed by atoms with E-state index in [0.29, 0.717) is 12.5 Å². The molecule has 11 heavy (non-hydrogen) atoms. The minimum absolute atomic E-state index is 0.208. The molecule has 2 saturated heterocycles. The summed E-state index contributed by atoms with van der Waals surface area (Å²) in [5.41, 5.74) is 0. The van der Waals surface area contributed by atoms with Gasteiger partial charge < -0.3 is 15.2 Å². The Morgan fingerprint density at radius 1 is 1.64 bits per heavy atom. The molecule has 4 atom stereocenters. The van der Waals surface area contributed by atoms with Crippen LogP contribution in [0.2, 0.25) is 0 Å². The molecule has 3 nitrogen and oxygen atoms in total. The molecule has 2 aliphatic rings. The monoisotopic (exact) mass is 157 g/mol. The third-order valence-electron chi connectivity index (χ3n) is 2.83. The van der Waals surface area contributed by atoms with Gasteiger partial charge in [0.25, 0.3) is 0 Å². The summed E-state index contributed by atoms with van der Waals surface area (Å²) in [6, 6.07) is 0.208. The molecular formula is C8H15NO2. The summed E-state index contributed by atoms with van der Waals surface area (Å²) in [5.74, 6) is 0.608. The topological polar surface area (TPSA) is 41.5 Å². The molecule has 2 rings (SSSR count). The highest BCUT2D eigenvalue weighted by Gasteiger charge is 2.44. The fourth-order valence-electron chi connectivity index (χ4n) is 2.10. The fraction of sp³-hybridized carbons (Fsp3) is 1.00. The highest BCUT2D eigenvalue weighted by atomic mass is 16.5. The normalized spacial score (nSPS) is 49.6. The number of aliphatic hydroxyl groups excluding tert-OH is 1. The van der Waals surface area contributed by atoms with E-state index >= 15 is 0 Å². The molecule has 3 heteroatoms. The second-order valence-electron chi connectivity index (χ2n) is 3.47. The zero-order valence-corrected chi connectivity index (χ0v) is 6.79. The third kappa shape index (κ3) is 1.08. The van der Waals surface area contributed by atoms with Crippen molar-refractivity contribution in [3.63, 3.8) is 0 Å². The van der Waals surface area contributed by atoms with Crippen molar-refractivity contribution in [1.82, 2.24) is 5.32 Å². The van der Waals surface area contributed by atoms with Gasteiger partial charge in [0, 0.05) is 6.54 Å². The fourth-order valence-corrected chi connectivity index (χ4v) is 2.10. The van der Waals surface area contributed by atoms with E-state index in [1.807, 2.05) is 0 Å². The molecule has 0 spiro atoms. The molecule has 0 aromatic heterocycles. The van der Waals surface area contributed by atoms with Gasteiger partial charge in [0.05, 0.1) is 24.9 Å². The van der Waals surface area contributed by atoms with Crippen LogP contribution in [-0.4, -0.2) is 36.5 Å². The van der Waals surface area contributed by atoms with Crippen LogP contribution in [0.5, 0.6) is 0 Å². The number of ether oxygens (including phenoxy) is 1. The first-order chi connectivity index (χ1) is 5.33. The molecule has 0 saturated carbocycles. The Labute approximate surface area is 66.7 Å². The van der Waals surface area contributed by atoms with Gasteiger partial charge in [0.15, 0.2) is 0 Å². The summed E-state index contributed by atoms with van der Waals surface area (Å²) < 4.78 is 5.48. The van der Waals surface area contributed by atoms with Crippen molar-refractivity contribution in [3.05, 3.63) is 0 Å². The van der Waals surface area contributed by atoms with Gasteiger partial charge in [-0.3, -0.25) is 0 Å². The Kier molecular flexibility index (Phi) is 1.87. The van der Waals surface area contributed by atoms with Gasteiger partial charge in [-0.2, -0.15) is 0 Å². The van der Waals surface area contributed by atoms with E-state index in [-0.39, 0.29) is 18.2 Å². The smallest absolute Gasteiger partial charge is 0.0951 e. The van der Waals surface area contributed by atoms with E-state index in [1.165, 1.54) is 0 Å². The van der Waals surface area contributed by atoms with Crippen LogP contribution in [0.4, 0.5) is 0 Å². The highest BCUT2D eigenvalue weighted by Crippen LogP contribution is 2.28. The van der Waals surface area contributed by atoms with Gasteiger partial charge in [-0.15, -0.1) is 0 Å². The van der Waals surface area contributed by atoms with Crippen LogP contribution >= 0.6 is 0 Å². The first kappa shape index (κ1) is 7.53. The summed E-state index contributed by atoms with van der Waals surface area (Å²) in [4.78, 5) is 0. The summed E-state index contributed by atoms with van der Waals surface area (Å²) in [5, 5.41) is 12.7. The average molecular weight is 157 g/mol. The molecule has 0 unspecified atom stereocenters. The summed E-state index contributed by atoms with van der Waals surface area (Å²) in [6.07, 6.45) is 1.13. The molecule has 64 valence electrons. The first-order valence-corrected chi connectivity index (χ1v) is 4.36. The predicted molar refractivity (Wildman–Crippen MR) is 41.3 cm³/mol. The lowest BCUT2D eigenvalue weighted by Crippen LogP contribution is -2.36. The minimum Gasteiger partial charge on any atom is -0.389 e. The largest absolute Gasteiger partial charge is 0.389 e. The zero-order chi connectivity index (χ0) is 7.84. The third-order valence-corrected chi connectivity index (χ3v) is 2.83. The maximum atomic E-state index is 9.43. The van der Waals surface area contributed by atoms with Gasteiger partial charge >= 0.3 is 0 Å². The molecule has 2 heterocycles. The molecule has 0 aliphatic carbocycles. The van der Waals surface area contributed by atoms with Gasteiger partial charge in [-0.25, -0.2) is 0 Å². The Bertz CT molecular complexity index is 151. The number of hydrogen-bond acceptors (Lipinski definition) is 3. The number of hydrogen-bond donors (Lipinski definition) is 2. The number of nitrogens with one attached hydrogen (secondary N) is 1. The molecule has 2 N–H and O–H groups in total. The summed E-state index contributed by atoms with van der Waals surface area (Å²) in [7, 11) is 0. The summed E-state index contributed by atoms with van der Waals surface area (Å²) >= 11 is 0. The van der Waals surface area contributed by atoms with Crippen LogP contribution in [0.15, 0.2) is 0 Å². The second-order valence-corrected chi connectivity index (χ2v) is 3.47. The van der Waals surface area contributed by atoms with Crippen LogP contribution in [-0.2, 0) is 4.74 Å². The van der Waals surface area contributed by atoms with Crippen LogP contribution in [0, 0.1) is 5.92 Å². The molecular weight excluding hydrogens is 142 g/mol. The Morgan fingerprint density at radius 3 is 3.18 bits per heavy atom. The lowest BCUT2D eigenvalue weighted by molar-refractivity contribution is 0.0621. The first-order valence-electron chi connectivity index (χ1n) is 4.36. The highest BCUT2D eigenvalue weighted by molar-refractivity contribution is 4.99. The molecule has 0 radical (unpaired) electrons. The number of rotatable bonds is 1. The van der Waals surface area contributed by atoms with E-state index in [2.05, 4.69) is 12.2 Å². The van der Waals surface area contributed by atoms with Crippen molar-refractivity contribution in [2.24, 2.45) is 5.92 Å². The van der Waals surface area contributed by atoms with Crippen LogP contribution in [0.3, 0.4) is 0 Å². The maximum absolute atomic E-state index is 9.43. The van der Waals surface area contributed by atoms with Crippen molar-refractivity contribution in [3.8, 4) is 0 Å². The van der Waals surface area contributed by atoms with E-state index in [4.69, 9.17) is 4.74 Å². The maximum Gasteiger partial charge on any atom is 0.0951 e. The van der Waals surface area contributed by atoms with Gasteiger partial charge in [-0.05, 0) is 12.3 Å². The van der Waals surface area contributed by atoms with E-state index in [1.54, 1.807) is 0 Å². The minimum atomic E-state index is -0.281. The van der Waals surface area contributed by atoms with Crippen molar-refractivity contribution in [2.45, 2.75) is 31.6 Å². The summed E-state index contributed by atoms with van der Waals surface area (Å²) in [6.45, 7) is 3.69. The van der Waals surface area contributed by atoms with Crippen LogP contribution in [0.1, 0.15) is 13.3 Å². The van der Waals surface area contributed by atoms with Gasteiger partial charge in [-0.1, -0.05) is 6.92 Å². The zero-order valence-electron chi connectivity index (χ0n) is 6.79. The Balaban J connectivity index is 2.04. The average Bonchev–Trinajstić information content (AvgIpc) is 2.53. The van der Waals surface area contributed by atoms with Crippen molar-refractivity contribution >= 4 is 0 Å². The van der Waals surface area contributed by atoms with Crippen LogP contribution < -0.4 is 5.32 Å². The molecule has 0 amide bonds.